The van der Waals surface area contributed by atoms with E-state index in [0.717, 1.165) is 36.1 Å². The maximum Gasteiger partial charge on any atom is 0.265 e. The molecular formula is C22H25Cl2FN2O3S. The Balaban J connectivity index is 1.98. The van der Waals surface area contributed by atoms with Crippen molar-refractivity contribution < 1.29 is 17.6 Å². The molecule has 9 heteroatoms. The van der Waals surface area contributed by atoms with Gasteiger partial charge in [-0.2, -0.15) is 0 Å². The average molecular weight is 487 g/mol. The van der Waals surface area contributed by atoms with Gasteiger partial charge in [-0.05, 0) is 81.0 Å². The number of amides is 1. The molecule has 1 amide bonds. The summed E-state index contributed by atoms with van der Waals surface area (Å²) < 4.78 is 42.5. The van der Waals surface area contributed by atoms with Crippen molar-refractivity contribution in [1.29, 1.82) is 0 Å². The van der Waals surface area contributed by atoms with Crippen LogP contribution in [0.25, 0.3) is 0 Å². The Morgan fingerprint density at radius 2 is 1.65 bits per heavy atom. The first-order valence-electron chi connectivity index (χ1n) is 10.1. The maximum absolute atomic E-state index is 14.7. The van der Waals surface area contributed by atoms with Gasteiger partial charge in [-0.15, -0.1) is 0 Å². The Labute approximate surface area is 192 Å². The van der Waals surface area contributed by atoms with E-state index in [1.807, 2.05) is 0 Å². The van der Waals surface area contributed by atoms with Crippen LogP contribution in [0.5, 0.6) is 0 Å². The van der Waals surface area contributed by atoms with Crippen LogP contribution in [-0.2, 0) is 14.8 Å². The molecule has 2 aromatic rings. The molecule has 3 rings (SSSR count). The highest BCUT2D eigenvalue weighted by Gasteiger charge is 2.36. The molecule has 0 aliphatic heterocycles. The Hall–Kier alpha value is -1.83. The topological polar surface area (TPSA) is 66.5 Å². The second kappa shape index (κ2) is 9.76. The fourth-order valence-electron chi connectivity index (χ4n) is 3.75. The van der Waals surface area contributed by atoms with Gasteiger partial charge in [0.25, 0.3) is 10.0 Å². The van der Waals surface area contributed by atoms with Crippen LogP contribution in [0.3, 0.4) is 0 Å². The molecule has 0 heterocycles. The van der Waals surface area contributed by atoms with Gasteiger partial charge in [0, 0.05) is 16.1 Å². The smallest absolute Gasteiger partial charge is 0.265 e. The van der Waals surface area contributed by atoms with Crippen molar-refractivity contribution in [2.75, 3.05) is 4.31 Å². The normalized spacial score (nSPS) is 20.2. The second-order valence-corrected chi connectivity index (χ2v) is 10.7. The number of anilines is 1. The molecule has 0 spiro atoms. The standard InChI is InChI=1S/C22H25Cl2FN2O3S/c1-14-3-8-18(9-4-14)26-22(28)15(2)27(21-13-17(24)7-12-20(21)25)31(29,30)19-10-5-16(23)6-11-19/h5-7,10-15,18H,3-4,8-9H2,1-2H3,(H,26,28). The van der Waals surface area contributed by atoms with E-state index in [2.05, 4.69) is 12.2 Å². The van der Waals surface area contributed by atoms with E-state index in [-0.39, 0.29) is 21.6 Å². The second-order valence-electron chi connectivity index (χ2n) is 7.99. The summed E-state index contributed by atoms with van der Waals surface area (Å²) in [7, 11) is -4.29. The van der Waals surface area contributed by atoms with Gasteiger partial charge in [-0.1, -0.05) is 30.1 Å². The highest BCUT2D eigenvalue weighted by Crippen LogP contribution is 2.32. The van der Waals surface area contributed by atoms with E-state index in [4.69, 9.17) is 23.2 Å². The molecule has 0 bridgehead atoms. The minimum Gasteiger partial charge on any atom is -0.352 e. The van der Waals surface area contributed by atoms with Gasteiger partial charge in [0.15, 0.2) is 0 Å². The first-order chi connectivity index (χ1) is 14.6. The van der Waals surface area contributed by atoms with E-state index in [9.17, 15) is 17.6 Å². The lowest BCUT2D eigenvalue weighted by Crippen LogP contribution is -2.51. The monoisotopic (exact) mass is 486 g/mol. The lowest BCUT2D eigenvalue weighted by atomic mass is 9.87. The largest absolute Gasteiger partial charge is 0.352 e. The zero-order valence-corrected chi connectivity index (χ0v) is 19.6. The molecule has 1 aliphatic rings. The number of nitrogens with one attached hydrogen (secondary N) is 1. The summed E-state index contributed by atoms with van der Waals surface area (Å²) in [5.74, 6) is -0.683. The van der Waals surface area contributed by atoms with Crippen LogP contribution in [0.2, 0.25) is 10.0 Å². The summed E-state index contributed by atoms with van der Waals surface area (Å²) in [6.07, 6.45) is 3.65. The molecule has 0 aromatic heterocycles. The van der Waals surface area contributed by atoms with Gasteiger partial charge in [0.05, 0.1) is 10.6 Å². The molecule has 0 radical (unpaired) electrons. The summed E-state index contributed by atoms with van der Waals surface area (Å²) in [4.78, 5) is 12.9. The van der Waals surface area contributed by atoms with E-state index in [1.165, 1.54) is 43.3 Å². The first kappa shape index (κ1) is 23.8. The van der Waals surface area contributed by atoms with Crippen molar-refractivity contribution in [2.24, 2.45) is 5.92 Å². The Bertz CT molecular complexity index is 1040. The third-order valence-corrected chi connectivity index (χ3v) is 8.00. The lowest BCUT2D eigenvalue weighted by molar-refractivity contribution is -0.122. The molecule has 1 saturated carbocycles. The van der Waals surface area contributed by atoms with Crippen molar-refractivity contribution in [2.45, 2.75) is 56.5 Å². The third-order valence-electron chi connectivity index (χ3n) is 5.61. The fourth-order valence-corrected chi connectivity index (χ4v) is 5.66. The Morgan fingerprint density at radius 3 is 2.26 bits per heavy atom. The van der Waals surface area contributed by atoms with Gasteiger partial charge >= 0.3 is 0 Å². The predicted octanol–water partition coefficient (Wildman–Crippen LogP) is 5.41. The van der Waals surface area contributed by atoms with Crippen LogP contribution >= 0.6 is 23.2 Å². The number of hydrogen-bond acceptors (Lipinski definition) is 3. The van der Waals surface area contributed by atoms with Crippen molar-refractivity contribution >= 4 is 44.8 Å². The van der Waals surface area contributed by atoms with E-state index in [0.29, 0.717) is 10.9 Å². The number of hydrogen-bond donors (Lipinski definition) is 1. The number of halogens is 3. The van der Waals surface area contributed by atoms with Crippen LogP contribution in [0, 0.1) is 11.7 Å². The molecular weight excluding hydrogens is 462 g/mol. The Morgan fingerprint density at radius 1 is 1.06 bits per heavy atom. The molecule has 2 aromatic carbocycles. The van der Waals surface area contributed by atoms with Crippen molar-refractivity contribution in [3.8, 4) is 0 Å². The first-order valence-corrected chi connectivity index (χ1v) is 12.3. The molecule has 168 valence electrons. The quantitative estimate of drug-likeness (QED) is 0.593. The maximum atomic E-state index is 14.7. The van der Waals surface area contributed by atoms with Gasteiger partial charge in [0.2, 0.25) is 5.91 Å². The van der Waals surface area contributed by atoms with Crippen molar-refractivity contribution in [1.82, 2.24) is 5.32 Å². The van der Waals surface area contributed by atoms with Crippen molar-refractivity contribution in [3.05, 3.63) is 58.3 Å². The minimum atomic E-state index is -4.29. The van der Waals surface area contributed by atoms with Gasteiger partial charge in [-0.25, -0.2) is 12.8 Å². The highest BCUT2D eigenvalue weighted by atomic mass is 35.5. The van der Waals surface area contributed by atoms with Crippen LogP contribution in [0.1, 0.15) is 39.5 Å². The highest BCUT2D eigenvalue weighted by molar-refractivity contribution is 7.93. The van der Waals surface area contributed by atoms with Crippen LogP contribution in [0.4, 0.5) is 10.1 Å². The molecule has 31 heavy (non-hydrogen) atoms. The zero-order chi connectivity index (χ0) is 22.8. The number of carbonyl (C=O) groups excluding carboxylic acids is 1. The average Bonchev–Trinajstić information content (AvgIpc) is 2.72. The fraction of sp³-hybridized carbons (Fsp3) is 0.409. The molecule has 0 saturated heterocycles. The van der Waals surface area contributed by atoms with Gasteiger partial charge < -0.3 is 5.32 Å². The minimum absolute atomic E-state index is 0.0320. The third kappa shape index (κ3) is 5.51. The van der Waals surface area contributed by atoms with Crippen LogP contribution < -0.4 is 9.62 Å². The van der Waals surface area contributed by atoms with Crippen LogP contribution in [-0.4, -0.2) is 26.4 Å². The van der Waals surface area contributed by atoms with E-state index >= 15 is 0 Å². The number of sulfonamides is 1. The summed E-state index contributed by atoms with van der Waals surface area (Å²) in [5, 5.41) is 3.45. The van der Waals surface area contributed by atoms with E-state index in [1.54, 1.807) is 0 Å². The lowest BCUT2D eigenvalue weighted by Gasteiger charge is -2.33. The summed E-state index contributed by atoms with van der Waals surface area (Å²) >= 11 is 11.9. The summed E-state index contributed by atoms with van der Waals surface area (Å²) in [5.41, 5.74) is -0.289. The number of carbonyl (C=O) groups is 1. The molecule has 1 aliphatic carbocycles. The summed E-state index contributed by atoms with van der Waals surface area (Å²) in [6, 6.07) is 7.86. The number of nitrogens with zero attached hydrogens (tertiary/aromatic N) is 1. The molecule has 5 nitrogen and oxygen atoms in total. The van der Waals surface area contributed by atoms with Crippen LogP contribution in [0.15, 0.2) is 47.4 Å². The van der Waals surface area contributed by atoms with E-state index < -0.39 is 27.8 Å². The molecule has 1 N–H and O–H groups in total. The summed E-state index contributed by atoms with van der Waals surface area (Å²) in [6.45, 7) is 3.61. The predicted molar refractivity (Wildman–Crippen MR) is 122 cm³/mol. The molecule has 1 atom stereocenters. The molecule has 1 fully saturated rings. The van der Waals surface area contributed by atoms with Gasteiger partial charge in [0.1, 0.15) is 11.9 Å². The SMILES string of the molecule is CC1CCC(NC(=O)C(C)N(c2cc(Cl)ccc2F)S(=O)(=O)c2ccc(Cl)cc2)CC1. The number of rotatable bonds is 6. The Kier molecular flexibility index (Phi) is 7.50. The number of benzene rings is 2. The zero-order valence-electron chi connectivity index (χ0n) is 17.3. The molecule has 1 unspecified atom stereocenters. The van der Waals surface area contributed by atoms with Crippen molar-refractivity contribution in [3.63, 3.8) is 0 Å². The van der Waals surface area contributed by atoms with Gasteiger partial charge in [-0.3, -0.25) is 9.10 Å².